The number of esters is 1. The topological polar surface area (TPSA) is 89.5 Å². The molecule has 0 spiro atoms. The number of fused-ring (bicyclic) bond motifs is 4. The van der Waals surface area contributed by atoms with E-state index >= 15 is 0 Å². The second kappa shape index (κ2) is 17.2. The number of carbonyl (C=O) groups is 2. The lowest BCUT2D eigenvalue weighted by atomic mass is 9.73. The number of hydrogen-bond acceptors (Lipinski definition) is 8. The molecule has 2 aromatic rings. The minimum Gasteiger partial charge on any atom is -0.459 e. The molecular weight excluding hydrogens is 737 g/mol. The quantitative estimate of drug-likeness (QED) is 0.164. The fraction of sp³-hybridized carbons (Fsp3) is 0.696. The van der Waals surface area contributed by atoms with E-state index in [-0.39, 0.29) is 54.2 Å². The number of hydrogen-bond donors (Lipinski definition) is 0. The van der Waals surface area contributed by atoms with Gasteiger partial charge in [-0.1, -0.05) is 151 Å². The first-order valence-corrected chi connectivity index (χ1v) is 25.3. The SMILES string of the molecule is CO[C@@]12C[C@@H]3C[C@H](O[Si](C(C)C)(C(C)C)C(C)C)[C@H](C)[C@H](CC(=O)O[C@H](CO[Si](c4ccccc4)(c4ccccc4)C(C)(C)C)C(C)(C)[C@@H](C[C@@H](C)C1=O)O2)O3. The molecule has 8 nitrogen and oxygen atoms in total. The van der Waals surface area contributed by atoms with Crippen LogP contribution in [0.25, 0.3) is 0 Å². The molecule has 0 amide bonds. The average molecular weight is 809 g/mol. The molecule has 5 rings (SSSR count). The van der Waals surface area contributed by atoms with Gasteiger partial charge in [-0.25, -0.2) is 0 Å². The van der Waals surface area contributed by atoms with E-state index in [0.717, 1.165) is 10.4 Å². The Morgan fingerprint density at radius 3 is 1.86 bits per heavy atom. The number of cyclic esters (lactones) is 1. The molecule has 8 atom stereocenters. The third-order valence-electron chi connectivity index (χ3n) is 13.8. The molecule has 3 fully saturated rings. The van der Waals surface area contributed by atoms with Crippen molar-refractivity contribution in [3.8, 4) is 0 Å². The lowest BCUT2D eigenvalue weighted by Crippen LogP contribution is -2.68. The van der Waals surface area contributed by atoms with E-state index in [9.17, 15) is 9.59 Å². The second-order valence-electron chi connectivity index (χ2n) is 19.6. The van der Waals surface area contributed by atoms with Crippen LogP contribution >= 0.6 is 0 Å². The zero-order chi connectivity index (χ0) is 41.4. The predicted molar refractivity (Wildman–Crippen MR) is 228 cm³/mol. The van der Waals surface area contributed by atoms with Gasteiger partial charge in [0, 0.05) is 30.8 Å². The van der Waals surface area contributed by atoms with Crippen LogP contribution in [0.5, 0.6) is 0 Å². The Morgan fingerprint density at radius 1 is 0.839 bits per heavy atom. The van der Waals surface area contributed by atoms with Crippen LogP contribution in [0.1, 0.15) is 116 Å². The number of ether oxygens (including phenoxy) is 4. The zero-order valence-corrected chi connectivity index (χ0v) is 38.8. The van der Waals surface area contributed by atoms with Gasteiger partial charge in [-0.15, -0.1) is 0 Å². The van der Waals surface area contributed by atoms with E-state index in [2.05, 4.69) is 132 Å². The van der Waals surface area contributed by atoms with Crippen molar-refractivity contribution in [1.82, 2.24) is 0 Å². The van der Waals surface area contributed by atoms with Crippen molar-refractivity contribution >= 4 is 38.8 Å². The first kappa shape index (κ1) is 44.9. The molecule has 10 heteroatoms. The molecule has 56 heavy (non-hydrogen) atoms. The second-order valence-corrected chi connectivity index (χ2v) is 29.3. The molecule has 3 heterocycles. The number of carbonyl (C=O) groups excluding carboxylic acids is 2. The molecule has 4 bridgehead atoms. The molecule has 312 valence electrons. The summed E-state index contributed by atoms with van der Waals surface area (Å²) in [5, 5.41) is 2.01. The summed E-state index contributed by atoms with van der Waals surface area (Å²) in [6.07, 6.45) is -0.910. The van der Waals surface area contributed by atoms with Gasteiger partial charge in [0.05, 0.1) is 37.4 Å². The van der Waals surface area contributed by atoms with Crippen LogP contribution < -0.4 is 10.4 Å². The van der Waals surface area contributed by atoms with Crippen molar-refractivity contribution in [3.05, 3.63) is 60.7 Å². The molecule has 0 saturated carbocycles. The summed E-state index contributed by atoms with van der Waals surface area (Å²) >= 11 is 0. The van der Waals surface area contributed by atoms with Gasteiger partial charge in [0.2, 0.25) is 14.1 Å². The zero-order valence-electron chi connectivity index (χ0n) is 36.8. The first-order valence-electron chi connectivity index (χ1n) is 21.2. The molecule has 3 aliphatic rings. The van der Waals surface area contributed by atoms with Crippen LogP contribution in [0.2, 0.25) is 21.7 Å². The molecule has 0 radical (unpaired) electrons. The Hall–Kier alpha value is -2.19. The molecule has 2 aromatic carbocycles. The summed E-state index contributed by atoms with van der Waals surface area (Å²) < 4.78 is 41.6. The van der Waals surface area contributed by atoms with Crippen LogP contribution in [0, 0.1) is 17.3 Å². The predicted octanol–water partition coefficient (Wildman–Crippen LogP) is 8.99. The highest BCUT2D eigenvalue weighted by Crippen LogP contribution is 2.49. The van der Waals surface area contributed by atoms with Gasteiger partial charge < -0.3 is 27.8 Å². The maximum atomic E-state index is 14.4. The number of ketones is 1. The molecular formula is C46H72O8Si2. The highest BCUT2D eigenvalue weighted by Gasteiger charge is 2.58. The van der Waals surface area contributed by atoms with E-state index in [0.29, 0.717) is 29.5 Å². The fourth-order valence-electron chi connectivity index (χ4n) is 10.5. The van der Waals surface area contributed by atoms with Gasteiger partial charge in [0.1, 0.15) is 6.10 Å². The molecule has 3 aliphatic heterocycles. The number of methoxy groups -OCH3 is 1. The minimum atomic E-state index is -3.01. The Morgan fingerprint density at radius 2 is 1.38 bits per heavy atom. The Bertz CT molecular complexity index is 1560. The monoisotopic (exact) mass is 808 g/mol. The lowest BCUT2D eigenvalue weighted by Gasteiger charge is -2.52. The smallest absolute Gasteiger partial charge is 0.308 e. The number of Topliss-reactive ketones (excluding diaryl/α,β-unsaturated/α-hetero) is 1. The minimum absolute atomic E-state index is 0.0682. The van der Waals surface area contributed by atoms with Crippen molar-refractivity contribution in [1.29, 1.82) is 0 Å². The van der Waals surface area contributed by atoms with Gasteiger partial charge in [0.15, 0.2) is 5.78 Å². The third-order valence-corrected chi connectivity index (χ3v) is 24.9. The summed E-state index contributed by atoms with van der Waals surface area (Å²) in [5.74, 6) is -2.36. The van der Waals surface area contributed by atoms with Crippen molar-refractivity contribution < 1.29 is 37.4 Å². The average Bonchev–Trinajstić information content (AvgIpc) is 3.13. The highest BCUT2D eigenvalue weighted by atomic mass is 28.4. The molecule has 3 saturated heterocycles. The molecule has 0 N–H and O–H groups in total. The van der Waals surface area contributed by atoms with Crippen LogP contribution in [0.15, 0.2) is 60.7 Å². The number of benzene rings is 2. The largest absolute Gasteiger partial charge is 0.459 e. The summed E-state index contributed by atoms with van der Waals surface area (Å²) in [4.78, 5) is 28.7. The molecule has 0 aliphatic carbocycles. The van der Waals surface area contributed by atoms with Crippen LogP contribution in [0.3, 0.4) is 0 Å². The van der Waals surface area contributed by atoms with Gasteiger partial charge in [-0.2, -0.15) is 0 Å². The van der Waals surface area contributed by atoms with E-state index in [4.69, 9.17) is 27.8 Å². The highest BCUT2D eigenvalue weighted by molar-refractivity contribution is 6.99. The summed E-state index contributed by atoms with van der Waals surface area (Å²) in [6, 6.07) is 21.0. The third kappa shape index (κ3) is 8.32. The van der Waals surface area contributed by atoms with Crippen LogP contribution in [-0.2, 0) is 37.4 Å². The van der Waals surface area contributed by atoms with Gasteiger partial charge in [0.25, 0.3) is 8.32 Å². The Labute approximate surface area is 340 Å². The van der Waals surface area contributed by atoms with E-state index < -0.39 is 52.3 Å². The summed E-state index contributed by atoms with van der Waals surface area (Å²) in [6.45, 7) is 28.9. The standard InChI is InChI=1S/C46H72O8Si2/c1-30(2)55(31(3)4,32(5)6)54-39-26-35-28-46(49-14)43(48)33(7)25-40(53-46)45(12,13)41(52-42(47)27-38(51-35)34(39)8)29-50-56(44(9,10)11,36-21-17-15-18-22-36)37-23-19-16-20-24-37/h15-24,30-35,38-41H,25-29H2,1-14H3/t33-,34-,35+,38+,39+,40-,41-,46-/m1/s1. The fourth-order valence-corrected chi connectivity index (χ4v) is 20.8. The van der Waals surface area contributed by atoms with Gasteiger partial charge in [-0.3, -0.25) is 9.59 Å². The maximum absolute atomic E-state index is 14.4. The maximum Gasteiger partial charge on any atom is 0.308 e. The van der Waals surface area contributed by atoms with E-state index in [1.807, 2.05) is 19.1 Å². The molecule has 0 aromatic heterocycles. The van der Waals surface area contributed by atoms with Gasteiger partial charge in [-0.05, 0) is 44.9 Å². The first-order chi connectivity index (χ1) is 26.2. The van der Waals surface area contributed by atoms with E-state index in [1.165, 1.54) is 0 Å². The normalized spacial score (nSPS) is 30.6. The van der Waals surface area contributed by atoms with Crippen molar-refractivity contribution in [2.45, 2.75) is 174 Å². The number of rotatable bonds is 11. The summed E-state index contributed by atoms with van der Waals surface area (Å²) in [5.41, 5.74) is 0.402. The van der Waals surface area contributed by atoms with Crippen molar-refractivity contribution in [2.24, 2.45) is 17.3 Å². The Kier molecular flexibility index (Phi) is 13.8. The van der Waals surface area contributed by atoms with Crippen LogP contribution in [-0.4, -0.2) is 78.4 Å². The van der Waals surface area contributed by atoms with Crippen LogP contribution in [0.4, 0.5) is 0 Å². The van der Waals surface area contributed by atoms with Crippen molar-refractivity contribution in [3.63, 3.8) is 0 Å². The van der Waals surface area contributed by atoms with Gasteiger partial charge >= 0.3 is 5.97 Å². The van der Waals surface area contributed by atoms with Crippen molar-refractivity contribution in [2.75, 3.05) is 13.7 Å². The molecule has 0 unspecified atom stereocenters. The van der Waals surface area contributed by atoms with E-state index in [1.54, 1.807) is 7.11 Å². The lowest BCUT2D eigenvalue weighted by molar-refractivity contribution is -0.294. The summed E-state index contributed by atoms with van der Waals surface area (Å²) in [7, 11) is -3.75. The Balaban J connectivity index is 1.59.